The lowest BCUT2D eigenvalue weighted by Crippen LogP contribution is -2.63. The lowest BCUT2D eigenvalue weighted by atomic mass is 10.2. The lowest BCUT2D eigenvalue weighted by Gasteiger charge is -2.49. The van der Waals surface area contributed by atoms with Crippen LogP contribution in [0.5, 0.6) is 0 Å². The molecule has 0 aromatic rings. The predicted octanol–water partition coefficient (Wildman–Crippen LogP) is 4.99. The summed E-state index contributed by atoms with van der Waals surface area (Å²) in [4.78, 5) is 0. The summed E-state index contributed by atoms with van der Waals surface area (Å²) >= 11 is 0. The third-order valence-electron chi connectivity index (χ3n) is 3.30. The summed E-state index contributed by atoms with van der Waals surface area (Å²) < 4.78 is 13.2. The van der Waals surface area contributed by atoms with Crippen LogP contribution in [0.25, 0.3) is 0 Å². The molecule has 0 aliphatic carbocycles. The molecule has 0 amide bonds. The molecule has 0 N–H and O–H groups in total. The molecule has 2 nitrogen and oxygen atoms in total. The molecule has 0 spiro atoms. The maximum absolute atomic E-state index is 6.63. The third-order valence-corrected chi connectivity index (χ3v) is 12.0. The summed E-state index contributed by atoms with van der Waals surface area (Å²) in [5.74, 6) is 0. The minimum Gasteiger partial charge on any atom is -0.454 e. The van der Waals surface area contributed by atoms with E-state index in [0.29, 0.717) is 0 Å². The Balaban J connectivity index is 5.31. The summed E-state index contributed by atoms with van der Waals surface area (Å²) in [6.45, 7) is 22.9. The van der Waals surface area contributed by atoms with Gasteiger partial charge in [-0.3, -0.25) is 0 Å². The first-order valence-electron chi connectivity index (χ1n) is 7.19. The predicted molar refractivity (Wildman–Crippen MR) is 89.7 cm³/mol. The van der Waals surface area contributed by atoms with Crippen LogP contribution in [0.1, 0.15) is 26.7 Å². The fourth-order valence-electron chi connectivity index (χ4n) is 2.81. The van der Waals surface area contributed by atoms with Gasteiger partial charge in [-0.2, -0.15) is 0 Å². The van der Waals surface area contributed by atoms with Crippen molar-refractivity contribution >= 4 is 25.0 Å². The van der Waals surface area contributed by atoms with E-state index in [1.54, 1.807) is 0 Å². The van der Waals surface area contributed by atoms with Crippen LogP contribution in [0.3, 0.4) is 0 Å². The van der Waals surface area contributed by atoms with Gasteiger partial charge >= 0.3 is 0 Å². The maximum atomic E-state index is 6.63. The van der Waals surface area contributed by atoms with Crippen molar-refractivity contribution in [3.05, 3.63) is 0 Å². The molecule has 0 rings (SSSR count). The average molecular weight is 307 g/mol. The van der Waals surface area contributed by atoms with Gasteiger partial charge in [0.05, 0.1) is 5.22 Å². The Morgan fingerprint density at radius 3 is 1.33 bits per heavy atom. The van der Waals surface area contributed by atoms with Gasteiger partial charge in [0.25, 0.3) is 0 Å². The molecule has 0 heterocycles. The van der Waals surface area contributed by atoms with Gasteiger partial charge in [-0.25, -0.2) is 0 Å². The SMILES string of the molecule is CCC(CC)(O[Si](C)(C)C)[Si](C)(C)O[Si](C)(C)C. The summed E-state index contributed by atoms with van der Waals surface area (Å²) in [6, 6.07) is 0. The lowest BCUT2D eigenvalue weighted by molar-refractivity contribution is 0.110. The van der Waals surface area contributed by atoms with E-state index in [-0.39, 0.29) is 5.22 Å². The molecule has 0 bridgehead atoms. The van der Waals surface area contributed by atoms with Gasteiger partial charge in [-0.05, 0) is 65.2 Å². The topological polar surface area (TPSA) is 18.5 Å². The summed E-state index contributed by atoms with van der Waals surface area (Å²) in [5.41, 5.74) is 0. The van der Waals surface area contributed by atoms with E-state index in [4.69, 9.17) is 8.54 Å². The van der Waals surface area contributed by atoms with Gasteiger partial charge in [-0.15, -0.1) is 0 Å². The van der Waals surface area contributed by atoms with Crippen molar-refractivity contribution in [2.75, 3.05) is 0 Å². The second-order valence-electron chi connectivity index (χ2n) is 7.64. The monoisotopic (exact) mass is 306 g/mol. The fraction of sp³-hybridized carbons (Fsp3) is 1.00. The molecule has 0 radical (unpaired) electrons. The highest BCUT2D eigenvalue weighted by Gasteiger charge is 2.50. The van der Waals surface area contributed by atoms with Gasteiger partial charge in [0.15, 0.2) is 16.6 Å². The van der Waals surface area contributed by atoms with Crippen LogP contribution >= 0.6 is 0 Å². The van der Waals surface area contributed by atoms with E-state index in [2.05, 4.69) is 66.2 Å². The highest BCUT2D eigenvalue weighted by Crippen LogP contribution is 2.37. The zero-order valence-corrected chi connectivity index (χ0v) is 17.2. The Labute approximate surface area is 118 Å². The molecule has 5 heteroatoms. The third kappa shape index (κ3) is 5.29. The zero-order valence-electron chi connectivity index (χ0n) is 14.2. The van der Waals surface area contributed by atoms with E-state index in [1.807, 2.05) is 0 Å². The second-order valence-corrected chi connectivity index (χ2v) is 21.0. The fourth-order valence-corrected chi connectivity index (χ4v) is 14.7. The maximum Gasteiger partial charge on any atom is 0.204 e. The van der Waals surface area contributed by atoms with Gasteiger partial charge in [0.2, 0.25) is 8.32 Å². The molecule has 110 valence electrons. The summed E-state index contributed by atoms with van der Waals surface area (Å²) in [6.07, 6.45) is 2.13. The zero-order chi connectivity index (χ0) is 14.8. The van der Waals surface area contributed by atoms with Crippen molar-refractivity contribution in [2.24, 2.45) is 0 Å². The van der Waals surface area contributed by atoms with Crippen LogP contribution in [0, 0.1) is 0 Å². The Morgan fingerprint density at radius 2 is 1.11 bits per heavy atom. The van der Waals surface area contributed by atoms with E-state index >= 15 is 0 Å². The van der Waals surface area contributed by atoms with Gasteiger partial charge in [0, 0.05) is 0 Å². The van der Waals surface area contributed by atoms with Crippen LogP contribution in [0.4, 0.5) is 0 Å². The highest BCUT2D eigenvalue weighted by molar-refractivity contribution is 6.86. The number of hydrogen-bond donors (Lipinski definition) is 0. The minimum absolute atomic E-state index is 0.0161. The molecule has 0 unspecified atom stereocenters. The van der Waals surface area contributed by atoms with Gasteiger partial charge < -0.3 is 8.54 Å². The van der Waals surface area contributed by atoms with Crippen LogP contribution in [0.15, 0.2) is 0 Å². The Bertz CT molecular complexity index is 260. The van der Waals surface area contributed by atoms with Crippen LogP contribution in [0.2, 0.25) is 52.4 Å². The van der Waals surface area contributed by atoms with Crippen LogP contribution in [-0.2, 0) is 8.54 Å². The molecule has 18 heavy (non-hydrogen) atoms. The first-order valence-corrected chi connectivity index (χ1v) is 16.9. The Morgan fingerprint density at radius 1 is 0.722 bits per heavy atom. The van der Waals surface area contributed by atoms with Crippen molar-refractivity contribution in [3.63, 3.8) is 0 Å². The molecule has 0 aliphatic heterocycles. The van der Waals surface area contributed by atoms with Crippen LogP contribution < -0.4 is 0 Å². The van der Waals surface area contributed by atoms with Crippen molar-refractivity contribution < 1.29 is 8.54 Å². The molecule has 0 saturated carbocycles. The number of rotatable bonds is 7. The average Bonchev–Trinajstić information content (AvgIpc) is 2.08. The van der Waals surface area contributed by atoms with Crippen molar-refractivity contribution in [3.8, 4) is 0 Å². The Kier molecular flexibility index (Phi) is 6.10. The molecule has 0 aromatic heterocycles. The Hall–Kier alpha value is 0.571. The van der Waals surface area contributed by atoms with Gasteiger partial charge in [0.1, 0.15) is 0 Å². The molecule has 0 atom stereocenters. The highest BCUT2D eigenvalue weighted by atomic mass is 28.4. The van der Waals surface area contributed by atoms with E-state index in [9.17, 15) is 0 Å². The first kappa shape index (κ1) is 18.6. The smallest absolute Gasteiger partial charge is 0.204 e. The van der Waals surface area contributed by atoms with Crippen LogP contribution in [-0.4, -0.2) is 30.2 Å². The van der Waals surface area contributed by atoms with Crippen molar-refractivity contribution in [1.29, 1.82) is 0 Å². The van der Waals surface area contributed by atoms with E-state index in [0.717, 1.165) is 12.8 Å². The molecular formula is C13H34O2Si3. The first-order chi connectivity index (χ1) is 7.79. The molecule has 0 aliphatic rings. The molecular weight excluding hydrogens is 272 g/mol. The van der Waals surface area contributed by atoms with E-state index < -0.39 is 25.0 Å². The number of hydrogen-bond acceptors (Lipinski definition) is 2. The molecule has 0 fully saturated rings. The molecule has 0 saturated heterocycles. The normalized spacial score (nSPS) is 15.0. The standard InChI is InChI=1S/C13H34O2Si3/c1-11-13(12-2,14-16(3,4)5)18(9,10)15-17(6,7)8/h11-12H2,1-10H3. The van der Waals surface area contributed by atoms with Crippen molar-refractivity contribution in [2.45, 2.75) is 84.3 Å². The quantitative estimate of drug-likeness (QED) is 0.617. The van der Waals surface area contributed by atoms with Crippen molar-refractivity contribution in [1.82, 2.24) is 0 Å². The minimum atomic E-state index is -1.85. The molecule has 0 aromatic carbocycles. The summed E-state index contributed by atoms with van der Waals surface area (Å²) in [7, 11) is -4.92. The van der Waals surface area contributed by atoms with Gasteiger partial charge in [-0.1, -0.05) is 13.8 Å². The summed E-state index contributed by atoms with van der Waals surface area (Å²) in [5, 5.41) is -0.0161. The van der Waals surface area contributed by atoms with E-state index in [1.165, 1.54) is 0 Å². The second kappa shape index (κ2) is 5.91. The largest absolute Gasteiger partial charge is 0.454 e.